The highest BCUT2D eigenvalue weighted by molar-refractivity contribution is 5.96. The van der Waals surface area contributed by atoms with Crippen LogP contribution in [-0.4, -0.2) is 96.7 Å². The normalized spacial score (nSPS) is 29.0. The fourth-order valence-corrected chi connectivity index (χ4v) is 8.73. The van der Waals surface area contributed by atoms with Crippen molar-refractivity contribution in [1.29, 1.82) is 0 Å². The minimum atomic E-state index is -0.885. The van der Waals surface area contributed by atoms with Gasteiger partial charge in [-0.2, -0.15) is 5.06 Å². The number of benzene rings is 2. The molecule has 0 aromatic heterocycles. The van der Waals surface area contributed by atoms with Crippen molar-refractivity contribution < 1.29 is 29.4 Å². The predicted octanol–water partition coefficient (Wildman–Crippen LogP) is 4.34. The van der Waals surface area contributed by atoms with Gasteiger partial charge in [0.25, 0.3) is 5.91 Å². The summed E-state index contributed by atoms with van der Waals surface area (Å²) in [4.78, 5) is 35.8. The summed E-state index contributed by atoms with van der Waals surface area (Å²) in [7, 11) is 5.60. The molecule has 4 N–H and O–H groups in total. The zero-order chi connectivity index (χ0) is 35.8. The van der Waals surface area contributed by atoms with Crippen LogP contribution in [0.15, 0.2) is 42.5 Å². The molecule has 1 heterocycles. The molecule has 2 unspecified atom stereocenters. The number of carbonyl (C=O) groups is 2. The van der Waals surface area contributed by atoms with Gasteiger partial charge in [0.15, 0.2) is 0 Å². The van der Waals surface area contributed by atoms with Crippen LogP contribution >= 0.6 is 0 Å². The van der Waals surface area contributed by atoms with Crippen LogP contribution in [-0.2, 0) is 16.2 Å². The zero-order valence-electron chi connectivity index (χ0n) is 30.8. The number of hydrogen-bond acceptors (Lipinski definition) is 8. The number of ether oxygens (including phenoxy) is 1. The van der Waals surface area contributed by atoms with E-state index >= 15 is 0 Å². The van der Waals surface area contributed by atoms with Crippen molar-refractivity contribution in [3.63, 3.8) is 0 Å². The molecule has 3 aliphatic carbocycles. The van der Waals surface area contributed by atoms with E-state index in [1.165, 1.54) is 6.42 Å². The van der Waals surface area contributed by atoms with Crippen molar-refractivity contribution in [3.8, 4) is 16.9 Å². The van der Waals surface area contributed by atoms with E-state index in [4.69, 9.17) is 9.57 Å². The van der Waals surface area contributed by atoms with Gasteiger partial charge in [-0.25, -0.2) is 0 Å². The van der Waals surface area contributed by atoms with Crippen molar-refractivity contribution in [2.75, 3.05) is 34.4 Å². The largest absolute Gasteiger partial charge is 0.496 e. The van der Waals surface area contributed by atoms with E-state index in [0.29, 0.717) is 34.5 Å². The summed E-state index contributed by atoms with van der Waals surface area (Å²) in [5.41, 5.74) is 3.24. The van der Waals surface area contributed by atoms with Crippen LogP contribution in [0.1, 0.15) is 70.3 Å². The predicted molar refractivity (Wildman–Crippen MR) is 191 cm³/mol. The first-order chi connectivity index (χ1) is 23.2. The molecule has 1 aliphatic heterocycles. The molecule has 0 spiro atoms. The molecular formula is C39H58N4O6. The lowest BCUT2D eigenvalue weighted by Crippen LogP contribution is -2.62. The average Bonchev–Trinajstić information content (AvgIpc) is 3.43. The van der Waals surface area contributed by atoms with Crippen LogP contribution in [0.5, 0.6) is 5.75 Å². The van der Waals surface area contributed by atoms with E-state index in [9.17, 15) is 19.8 Å². The Morgan fingerprint density at radius 1 is 1.12 bits per heavy atom. The summed E-state index contributed by atoms with van der Waals surface area (Å²) in [6, 6.07) is 12.5. The molecule has 4 fully saturated rings. The van der Waals surface area contributed by atoms with Gasteiger partial charge >= 0.3 is 0 Å². The van der Waals surface area contributed by atoms with E-state index in [1.54, 1.807) is 19.1 Å². The summed E-state index contributed by atoms with van der Waals surface area (Å²) in [6.45, 7) is 13.4. The fraction of sp³-hybridized carbons (Fsp3) is 0.641. The van der Waals surface area contributed by atoms with Gasteiger partial charge in [-0.1, -0.05) is 65.0 Å². The molecule has 9 atom stereocenters. The van der Waals surface area contributed by atoms with Gasteiger partial charge in [0.05, 0.1) is 26.4 Å². The Bertz CT molecular complexity index is 1480. The molecular weight excluding hydrogens is 620 g/mol. The molecule has 2 amide bonds. The van der Waals surface area contributed by atoms with Gasteiger partial charge in [-0.3, -0.25) is 14.4 Å². The van der Waals surface area contributed by atoms with Crippen LogP contribution < -0.4 is 15.4 Å². The fourth-order valence-electron chi connectivity index (χ4n) is 8.73. The number of para-hydroxylation sites is 1. The number of rotatable bonds is 13. The van der Waals surface area contributed by atoms with Gasteiger partial charge in [0, 0.05) is 41.2 Å². The van der Waals surface area contributed by atoms with E-state index in [-0.39, 0.29) is 43.0 Å². The van der Waals surface area contributed by atoms with E-state index < -0.39 is 24.2 Å². The topological polar surface area (TPSA) is 124 Å². The number of nitrogens with one attached hydrogen (secondary N) is 2. The van der Waals surface area contributed by atoms with Crippen LogP contribution in [0.3, 0.4) is 0 Å². The summed E-state index contributed by atoms with van der Waals surface area (Å²) in [6.07, 6.45) is 0.524. The van der Waals surface area contributed by atoms with Crippen LogP contribution in [0.2, 0.25) is 0 Å². The number of hydrogen-bond donors (Lipinski definition) is 4. The summed E-state index contributed by atoms with van der Waals surface area (Å²) < 4.78 is 5.99. The second-order valence-corrected chi connectivity index (χ2v) is 15.9. The molecule has 10 nitrogen and oxygen atoms in total. The third-order valence-electron chi connectivity index (χ3n) is 11.8. The van der Waals surface area contributed by atoms with E-state index in [1.807, 2.05) is 56.6 Å². The van der Waals surface area contributed by atoms with Crippen LogP contribution in [0.25, 0.3) is 11.1 Å². The highest BCUT2D eigenvalue weighted by atomic mass is 16.7. The third-order valence-corrected chi connectivity index (χ3v) is 11.8. The molecule has 49 heavy (non-hydrogen) atoms. The van der Waals surface area contributed by atoms with E-state index in [2.05, 4.69) is 50.2 Å². The number of fused-ring (bicyclic) bond motifs is 2. The van der Waals surface area contributed by atoms with Crippen molar-refractivity contribution in [2.24, 2.45) is 35.0 Å². The standard InChI is InChI=1S/C39H58N4O6/c1-22(2)32(20-42(7)8)41-37(46)26-13-10-12-25(16-26)29-15-11-14-27(36(29)48-9)19-43-35(34(24(4)45)33(21-44)49-43)38(47)40-31-18-28-17-30(23(31)3)39(28,5)6/h10-16,22-24,28,30-35,44-45H,17-21H2,1-9H3,(H,40,47)(H,41,46)/t23-,24?,28+,30+,31-,32+,33-,34?,35-/m0/s1. The van der Waals surface area contributed by atoms with Gasteiger partial charge in [-0.05, 0) is 80.6 Å². The number of hydroxylamine groups is 2. The Balaban J connectivity index is 1.39. The number of methoxy groups -OCH3 is 1. The molecule has 4 aliphatic rings. The van der Waals surface area contributed by atoms with Gasteiger partial charge in [0.1, 0.15) is 17.9 Å². The molecule has 0 radical (unpaired) electrons. The SMILES string of the molecule is COc1c(CN2O[C@@H](CO)C(C(C)O)[C@H]2C(=O)N[C@H]2C[C@H]3C[C@H]([C@@H]2C)C3(C)C)cccc1-c1cccc(C(=O)N[C@H](CN(C)C)C(C)C)c1. The maximum atomic E-state index is 14.1. The zero-order valence-corrected chi connectivity index (χ0v) is 30.8. The Kier molecular flexibility index (Phi) is 11.5. The molecule has 2 aromatic carbocycles. The molecule has 270 valence electrons. The summed E-state index contributed by atoms with van der Waals surface area (Å²) >= 11 is 0. The minimum Gasteiger partial charge on any atom is -0.496 e. The highest BCUT2D eigenvalue weighted by Crippen LogP contribution is 2.61. The number of nitrogens with zero attached hydrogens (tertiary/aromatic N) is 2. The number of carbonyl (C=O) groups excluding carboxylic acids is 2. The van der Waals surface area contributed by atoms with Crippen molar-refractivity contribution >= 4 is 11.8 Å². The first kappa shape index (κ1) is 37.2. The number of aliphatic hydroxyl groups is 2. The van der Waals surface area contributed by atoms with Crippen LogP contribution in [0.4, 0.5) is 0 Å². The lowest BCUT2D eigenvalue weighted by Gasteiger charge is -2.62. The minimum absolute atomic E-state index is 0.00157. The Hall–Kier alpha value is -3.02. The first-order valence-electron chi connectivity index (χ1n) is 17.9. The lowest BCUT2D eigenvalue weighted by atomic mass is 9.45. The second kappa shape index (κ2) is 15.1. The number of likely N-dealkylation sites (N-methyl/N-ethyl adjacent to an activating group) is 1. The molecule has 1 saturated heterocycles. The van der Waals surface area contributed by atoms with Gasteiger partial charge in [-0.15, -0.1) is 0 Å². The highest BCUT2D eigenvalue weighted by Gasteiger charge is 2.57. The number of aliphatic hydroxyl groups excluding tert-OH is 2. The molecule has 2 bridgehead atoms. The molecule has 3 saturated carbocycles. The van der Waals surface area contributed by atoms with Crippen molar-refractivity contribution in [1.82, 2.24) is 20.6 Å². The quantitative estimate of drug-likeness (QED) is 0.247. The second-order valence-electron chi connectivity index (χ2n) is 15.9. The lowest BCUT2D eigenvalue weighted by molar-refractivity contribution is -0.183. The average molecular weight is 679 g/mol. The Labute approximate surface area is 292 Å². The maximum Gasteiger partial charge on any atom is 0.251 e. The van der Waals surface area contributed by atoms with Crippen LogP contribution in [0, 0.1) is 35.0 Å². The van der Waals surface area contributed by atoms with Crippen molar-refractivity contribution in [3.05, 3.63) is 53.6 Å². The first-order valence-corrected chi connectivity index (χ1v) is 17.9. The van der Waals surface area contributed by atoms with Gasteiger partial charge in [0.2, 0.25) is 5.91 Å². The molecule has 6 rings (SSSR count). The summed E-state index contributed by atoms with van der Waals surface area (Å²) in [5.74, 6) is 1.41. The molecule has 2 aromatic rings. The maximum absolute atomic E-state index is 14.1. The summed E-state index contributed by atoms with van der Waals surface area (Å²) in [5, 5.41) is 29.3. The molecule has 10 heteroatoms. The smallest absolute Gasteiger partial charge is 0.251 e. The monoisotopic (exact) mass is 678 g/mol. The van der Waals surface area contributed by atoms with Crippen molar-refractivity contribution in [2.45, 2.75) is 91.3 Å². The third kappa shape index (κ3) is 7.54. The Morgan fingerprint density at radius 3 is 2.43 bits per heavy atom. The van der Waals surface area contributed by atoms with E-state index in [0.717, 1.165) is 29.7 Å². The number of amides is 2. The van der Waals surface area contributed by atoms with Gasteiger partial charge < -0.3 is 30.5 Å². The Morgan fingerprint density at radius 2 is 1.84 bits per heavy atom.